The van der Waals surface area contributed by atoms with Crippen molar-refractivity contribution in [2.75, 3.05) is 31.5 Å². The molecule has 0 aliphatic carbocycles. The number of benzene rings is 2. The fourth-order valence-electron chi connectivity index (χ4n) is 3.90. The van der Waals surface area contributed by atoms with Crippen LogP contribution < -0.4 is 5.32 Å². The van der Waals surface area contributed by atoms with Gasteiger partial charge in [0.15, 0.2) is 0 Å². The lowest BCUT2D eigenvalue weighted by atomic mass is 10.2. The molecule has 1 N–H and O–H groups in total. The molecule has 0 bridgehead atoms. The van der Waals surface area contributed by atoms with Crippen molar-refractivity contribution in [3.8, 4) is 5.69 Å². The highest BCUT2D eigenvalue weighted by Gasteiger charge is 2.23. The van der Waals surface area contributed by atoms with Gasteiger partial charge in [-0.3, -0.25) is 4.79 Å². The van der Waals surface area contributed by atoms with Crippen molar-refractivity contribution < 1.29 is 9.59 Å². The van der Waals surface area contributed by atoms with Crippen molar-refractivity contribution in [2.45, 2.75) is 20.3 Å². The van der Waals surface area contributed by atoms with Gasteiger partial charge < -0.3 is 15.1 Å². The van der Waals surface area contributed by atoms with E-state index < -0.39 is 0 Å². The van der Waals surface area contributed by atoms with E-state index in [2.05, 4.69) is 10.4 Å². The Morgan fingerprint density at radius 2 is 1.61 bits per heavy atom. The summed E-state index contributed by atoms with van der Waals surface area (Å²) in [5.41, 5.74) is 4.29. The van der Waals surface area contributed by atoms with Gasteiger partial charge in [0.1, 0.15) is 0 Å². The van der Waals surface area contributed by atoms with Crippen LogP contribution in [0.1, 0.15) is 28.2 Å². The monoisotopic (exact) mass is 417 g/mol. The number of urea groups is 1. The second-order valence-electron chi connectivity index (χ2n) is 7.82. The van der Waals surface area contributed by atoms with Crippen LogP contribution >= 0.6 is 0 Å². The van der Waals surface area contributed by atoms with E-state index in [9.17, 15) is 9.59 Å². The molecule has 0 atom stereocenters. The average Bonchev–Trinajstić information content (AvgIpc) is 2.97. The highest BCUT2D eigenvalue weighted by molar-refractivity contribution is 5.94. The van der Waals surface area contributed by atoms with Gasteiger partial charge in [-0.15, -0.1) is 0 Å². The van der Waals surface area contributed by atoms with Crippen molar-refractivity contribution >= 4 is 17.6 Å². The Balaban J connectivity index is 1.40. The van der Waals surface area contributed by atoms with Gasteiger partial charge in [0.05, 0.1) is 11.4 Å². The van der Waals surface area contributed by atoms with Gasteiger partial charge in [0.2, 0.25) is 0 Å². The van der Waals surface area contributed by atoms with Gasteiger partial charge in [-0.05, 0) is 56.7 Å². The van der Waals surface area contributed by atoms with Crippen LogP contribution in [0.2, 0.25) is 0 Å². The van der Waals surface area contributed by atoms with Crippen LogP contribution in [0.4, 0.5) is 10.5 Å². The SMILES string of the molecule is Cc1cc(C)n(-c2cccc(NC(=O)N3CCCN(C(=O)c4ccccc4)CC3)c2)n1. The molecule has 1 fully saturated rings. The van der Waals surface area contributed by atoms with Gasteiger partial charge in [-0.1, -0.05) is 24.3 Å². The van der Waals surface area contributed by atoms with Crippen molar-refractivity contribution in [1.29, 1.82) is 0 Å². The standard InChI is InChI=1S/C24H27N5O2/c1-18-16-19(2)29(26-18)22-11-6-10-21(17-22)25-24(31)28-13-7-12-27(14-15-28)23(30)20-8-4-3-5-9-20/h3-6,8-11,16-17H,7,12-15H2,1-2H3,(H,25,31). The minimum Gasteiger partial charge on any atom is -0.337 e. The zero-order valence-electron chi connectivity index (χ0n) is 17.9. The third kappa shape index (κ3) is 4.77. The van der Waals surface area contributed by atoms with E-state index in [1.54, 1.807) is 4.90 Å². The number of aryl methyl sites for hydroxylation is 2. The first-order valence-electron chi connectivity index (χ1n) is 10.6. The van der Waals surface area contributed by atoms with E-state index in [0.29, 0.717) is 31.7 Å². The smallest absolute Gasteiger partial charge is 0.321 e. The van der Waals surface area contributed by atoms with E-state index >= 15 is 0 Å². The Kier molecular flexibility index (Phi) is 6.02. The molecule has 2 aromatic carbocycles. The van der Waals surface area contributed by atoms with Crippen molar-refractivity contribution in [3.63, 3.8) is 0 Å². The summed E-state index contributed by atoms with van der Waals surface area (Å²) in [6.45, 7) is 6.24. The molecule has 1 aliphatic heterocycles. The summed E-state index contributed by atoms with van der Waals surface area (Å²) in [5.74, 6) is 0.0143. The van der Waals surface area contributed by atoms with Crippen molar-refractivity contribution in [2.24, 2.45) is 0 Å². The average molecular weight is 418 g/mol. The topological polar surface area (TPSA) is 70.5 Å². The van der Waals surface area contributed by atoms with E-state index in [0.717, 1.165) is 29.2 Å². The lowest BCUT2D eigenvalue weighted by molar-refractivity contribution is 0.0762. The summed E-state index contributed by atoms with van der Waals surface area (Å²) in [4.78, 5) is 29.2. The Morgan fingerprint density at radius 3 is 2.35 bits per heavy atom. The molecule has 1 aliphatic rings. The Bertz CT molecular complexity index is 1080. The predicted octanol–water partition coefficient (Wildman–Crippen LogP) is 3.87. The molecular weight excluding hydrogens is 390 g/mol. The Morgan fingerprint density at radius 1 is 0.871 bits per heavy atom. The number of amides is 3. The van der Waals surface area contributed by atoms with Crippen LogP contribution in [0.25, 0.3) is 5.69 Å². The largest absolute Gasteiger partial charge is 0.337 e. The van der Waals surface area contributed by atoms with Gasteiger partial charge in [-0.2, -0.15) is 5.10 Å². The zero-order chi connectivity index (χ0) is 21.8. The predicted molar refractivity (Wildman–Crippen MR) is 121 cm³/mol. The maximum atomic E-state index is 12.9. The summed E-state index contributed by atoms with van der Waals surface area (Å²) >= 11 is 0. The number of rotatable bonds is 3. The van der Waals surface area contributed by atoms with Gasteiger partial charge in [0.25, 0.3) is 5.91 Å². The van der Waals surface area contributed by atoms with E-state index in [1.807, 2.05) is 84.1 Å². The first kappa shape index (κ1) is 20.7. The lowest BCUT2D eigenvalue weighted by Crippen LogP contribution is -2.39. The first-order valence-corrected chi connectivity index (χ1v) is 10.6. The number of hydrogen-bond acceptors (Lipinski definition) is 3. The zero-order valence-corrected chi connectivity index (χ0v) is 17.9. The van der Waals surface area contributed by atoms with Crippen LogP contribution in [0.3, 0.4) is 0 Å². The number of carbonyl (C=O) groups is 2. The summed E-state index contributed by atoms with van der Waals surface area (Å²) in [5, 5.41) is 7.50. The lowest BCUT2D eigenvalue weighted by Gasteiger charge is -2.22. The highest BCUT2D eigenvalue weighted by Crippen LogP contribution is 2.18. The van der Waals surface area contributed by atoms with Gasteiger partial charge in [-0.25, -0.2) is 9.48 Å². The summed E-state index contributed by atoms with van der Waals surface area (Å²) in [6, 6.07) is 18.8. The molecule has 7 nitrogen and oxygen atoms in total. The summed E-state index contributed by atoms with van der Waals surface area (Å²) in [7, 11) is 0. The number of aromatic nitrogens is 2. The molecule has 0 unspecified atom stereocenters. The minimum absolute atomic E-state index is 0.0143. The van der Waals surface area contributed by atoms with Crippen molar-refractivity contribution in [3.05, 3.63) is 77.6 Å². The molecule has 3 amide bonds. The highest BCUT2D eigenvalue weighted by atomic mass is 16.2. The molecular formula is C24H27N5O2. The fourth-order valence-corrected chi connectivity index (χ4v) is 3.90. The normalized spacial score (nSPS) is 14.3. The number of hydrogen-bond donors (Lipinski definition) is 1. The van der Waals surface area contributed by atoms with Gasteiger partial charge >= 0.3 is 6.03 Å². The Labute approximate surface area is 182 Å². The van der Waals surface area contributed by atoms with Crippen LogP contribution in [-0.4, -0.2) is 57.7 Å². The molecule has 1 saturated heterocycles. The third-order valence-electron chi connectivity index (χ3n) is 5.44. The van der Waals surface area contributed by atoms with Crippen LogP contribution in [0, 0.1) is 13.8 Å². The van der Waals surface area contributed by atoms with Crippen LogP contribution in [0.15, 0.2) is 60.7 Å². The van der Waals surface area contributed by atoms with Gasteiger partial charge in [0, 0.05) is 43.1 Å². The Hall–Kier alpha value is -3.61. The molecule has 31 heavy (non-hydrogen) atoms. The maximum Gasteiger partial charge on any atom is 0.321 e. The number of carbonyl (C=O) groups excluding carboxylic acids is 2. The summed E-state index contributed by atoms with van der Waals surface area (Å²) in [6.07, 6.45) is 0.748. The van der Waals surface area contributed by atoms with E-state index in [4.69, 9.17) is 0 Å². The number of nitrogens with one attached hydrogen (secondary N) is 1. The van der Waals surface area contributed by atoms with E-state index in [-0.39, 0.29) is 11.9 Å². The molecule has 3 aromatic rings. The molecule has 0 radical (unpaired) electrons. The fraction of sp³-hybridized carbons (Fsp3) is 0.292. The van der Waals surface area contributed by atoms with Crippen molar-refractivity contribution in [1.82, 2.24) is 19.6 Å². The third-order valence-corrected chi connectivity index (χ3v) is 5.44. The number of anilines is 1. The minimum atomic E-state index is -0.153. The van der Waals surface area contributed by atoms with Crippen LogP contribution in [-0.2, 0) is 0 Å². The molecule has 1 aromatic heterocycles. The summed E-state index contributed by atoms with van der Waals surface area (Å²) < 4.78 is 1.87. The molecule has 7 heteroatoms. The number of nitrogens with zero attached hydrogens (tertiary/aromatic N) is 4. The molecule has 0 spiro atoms. The molecule has 160 valence electrons. The molecule has 0 saturated carbocycles. The molecule has 4 rings (SSSR count). The second-order valence-corrected chi connectivity index (χ2v) is 7.82. The van der Waals surface area contributed by atoms with E-state index in [1.165, 1.54) is 0 Å². The van der Waals surface area contributed by atoms with Crippen LogP contribution in [0.5, 0.6) is 0 Å². The first-order chi connectivity index (χ1) is 15.0. The maximum absolute atomic E-state index is 12.9. The molecule has 2 heterocycles. The second kappa shape index (κ2) is 9.04. The quantitative estimate of drug-likeness (QED) is 0.703.